The van der Waals surface area contributed by atoms with Crippen molar-refractivity contribution in [2.45, 2.75) is 373 Å². The number of hydrogen-bond acceptors (Lipinski definition) is 8. The molecule has 0 aromatic heterocycles. The number of esters is 2. The van der Waals surface area contributed by atoms with E-state index in [0.717, 1.165) is 89.9 Å². The van der Waals surface area contributed by atoms with Crippen molar-refractivity contribution in [1.82, 2.24) is 0 Å². The van der Waals surface area contributed by atoms with Crippen LogP contribution >= 0.6 is 0 Å². The van der Waals surface area contributed by atoms with Crippen molar-refractivity contribution in [2.75, 3.05) is 47.5 Å². The number of hydrogen-bond donors (Lipinski definition) is 0. The second-order valence-electron chi connectivity index (χ2n) is 27.6. The van der Waals surface area contributed by atoms with Crippen molar-refractivity contribution in [1.29, 1.82) is 0 Å². The number of aliphatic carboxylic acids is 1. The Morgan fingerprint density at radius 1 is 0.333 bits per heavy atom. The van der Waals surface area contributed by atoms with E-state index < -0.39 is 24.3 Å². The molecule has 0 bridgehead atoms. The molecule has 0 N–H and O–H groups in total. The Labute approximate surface area is 575 Å². The van der Waals surface area contributed by atoms with Gasteiger partial charge in [-0.25, -0.2) is 0 Å². The van der Waals surface area contributed by atoms with E-state index in [0.29, 0.717) is 17.4 Å². The Morgan fingerprint density at radius 2 is 0.613 bits per heavy atom. The molecule has 93 heavy (non-hydrogen) atoms. The van der Waals surface area contributed by atoms with Gasteiger partial charge in [0, 0.05) is 12.8 Å². The van der Waals surface area contributed by atoms with Crippen LogP contribution in [-0.4, -0.2) is 82.3 Å². The number of allylic oxidation sites excluding steroid dienone is 16. The first-order chi connectivity index (χ1) is 45.6. The number of carboxylic acid groups (broad SMARTS) is 1. The van der Waals surface area contributed by atoms with Gasteiger partial charge >= 0.3 is 11.9 Å². The summed E-state index contributed by atoms with van der Waals surface area (Å²) in [6.07, 6.45) is 99.6. The van der Waals surface area contributed by atoms with E-state index in [9.17, 15) is 19.5 Å². The van der Waals surface area contributed by atoms with Gasteiger partial charge in [0.1, 0.15) is 13.2 Å². The minimum Gasteiger partial charge on any atom is -0.545 e. The third kappa shape index (κ3) is 75.5. The average Bonchev–Trinajstić information content (AvgIpc) is 3.74. The second-order valence-corrected chi connectivity index (χ2v) is 27.6. The van der Waals surface area contributed by atoms with Gasteiger partial charge < -0.3 is 33.3 Å². The van der Waals surface area contributed by atoms with Gasteiger partial charge in [0.15, 0.2) is 12.4 Å². The first-order valence-corrected chi connectivity index (χ1v) is 39.4. The Bertz CT molecular complexity index is 1850. The maximum atomic E-state index is 13.0. The largest absolute Gasteiger partial charge is 0.545 e. The molecule has 0 saturated heterocycles. The second kappa shape index (κ2) is 74.0. The minimum absolute atomic E-state index is 0.142. The average molecular weight is 1300 g/mol. The lowest BCUT2D eigenvalue weighted by Gasteiger charge is -2.26. The lowest BCUT2D eigenvalue weighted by atomic mass is 10.0. The Morgan fingerprint density at radius 3 is 0.925 bits per heavy atom. The third-order valence-corrected chi connectivity index (χ3v) is 17.3. The zero-order valence-electron chi connectivity index (χ0n) is 61.6. The molecule has 0 aliphatic carbocycles. The van der Waals surface area contributed by atoms with Gasteiger partial charge in [-0.3, -0.25) is 9.59 Å². The van der Waals surface area contributed by atoms with Crippen LogP contribution in [0.1, 0.15) is 361 Å². The first-order valence-electron chi connectivity index (χ1n) is 39.4. The van der Waals surface area contributed by atoms with E-state index in [4.69, 9.17) is 18.9 Å². The van der Waals surface area contributed by atoms with Crippen LogP contribution in [-0.2, 0) is 33.3 Å². The quantitative estimate of drug-likeness (QED) is 0.0195. The van der Waals surface area contributed by atoms with Gasteiger partial charge in [-0.2, -0.15) is 0 Å². The molecular weight excluding hydrogens is 1150 g/mol. The van der Waals surface area contributed by atoms with Crippen LogP contribution in [0.2, 0.25) is 0 Å². The highest BCUT2D eigenvalue weighted by Crippen LogP contribution is 2.19. The van der Waals surface area contributed by atoms with E-state index in [1.807, 2.05) is 21.1 Å². The lowest BCUT2D eigenvalue weighted by Crippen LogP contribution is -2.44. The summed E-state index contributed by atoms with van der Waals surface area (Å²) in [5, 5.41) is 11.8. The van der Waals surface area contributed by atoms with Gasteiger partial charge in [-0.1, -0.05) is 349 Å². The van der Waals surface area contributed by atoms with Gasteiger partial charge in [-0.05, 0) is 96.3 Å². The number of ether oxygens (including phenoxy) is 4. The molecule has 0 aromatic carbocycles. The van der Waals surface area contributed by atoms with E-state index in [2.05, 4.69) is 111 Å². The number of carbonyl (C=O) groups excluding carboxylic acids is 3. The molecular formula is C84H149NO8. The topological polar surface area (TPSA) is 111 Å². The zero-order chi connectivity index (χ0) is 67.5. The molecule has 0 aliphatic rings. The number of carbonyl (C=O) groups is 3. The maximum Gasteiger partial charge on any atom is 0.306 e. The van der Waals surface area contributed by atoms with Crippen LogP contribution in [0.5, 0.6) is 0 Å². The summed E-state index contributed by atoms with van der Waals surface area (Å²) in [6, 6.07) is 0. The summed E-state index contributed by atoms with van der Waals surface area (Å²) >= 11 is 0. The fourth-order valence-electron chi connectivity index (χ4n) is 11.3. The maximum absolute atomic E-state index is 13.0. The summed E-state index contributed by atoms with van der Waals surface area (Å²) in [6.45, 7) is 4.66. The van der Waals surface area contributed by atoms with Gasteiger partial charge in [0.05, 0.1) is 40.3 Å². The van der Waals surface area contributed by atoms with Crippen LogP contribution in [0.3, 0.4) is 0 Å². The number of likely N-dealkylation sites (N-methyl/N-ethyl adjacent to an activating group) is 1. The van der Waals surface area contributed by atoms with Gasteiger partial charge in [-0.15, -0.1) is 0 Å². The fraction of sp³-hybridized carbons (Fsp3) is 0.774. The predicted molar refractivity (Wildman–Crippen MR) is 398 cm³/mol. The molecule has 9 nitrogen and oxygen atoms in total. The van der Waals surface area contributed by atoms with Crippen molar-refractivity contribution in [3.63, 3.8) is 0 Å². The highest BCUT2D eigenvalue weighted by molar-refractivity contribution is 5.70. The minimum atomic E-state index is -1.63. The molecule has 0 rings (SSSR count). The van der Waals surface area contributed by atoms with Gasteiger partial charge in [0.25, 0.3) is 0 Å². The smallest absolute Gasteiger partial charge is 0.306 e. The van der Waals surface area contributed by atoms with Crippen LogP contribution < -0.4 is 5.11 Å². The number of rotatable bonds is 73. The number of carboxylic acids is 1. The Kier molecular flexibility index (Phi) is 71.0. The highest BCUT2D eigenvalue weighted by Gasteiger charge is 2.22. The zero-order valence-corrected chi connectivity index (χ0v) is 61.6. The molecule has 0 aliphatic heterocycles. The molecule has 0 saturated carbocycles. The molecule has 0 heterocycles. The van der Waals surface area contributed by atoms with Crippen LogP contribution in [0.4, 0.5) is 0 Å². The van der Waals surface area contributed by atoms with Crippen molar-refractivity contribution >= 4 is 17.9 Å². The number of nitrogens with zero attached hydrogens (tertiary/aromatic N) is 1. The number of unbranched alkanes of at least 4 members (excludes halogenated alkanes) is 42. The third-order valence-electron chi connectivity index (χ3n) is 17.3. The summed E-state index contributed by atoms with van der Waals surface area (Å²) < 4.78 is 22.8. The lowest BCUT2D eigenvalue weighted by molar-refractivity contribution is -0.870. The Balaban J connectivity index is 4.02. The molecule has 0 aromatic rings. The summed E-state index contributed by atoms with van der Waals surface area (Å²) in [5.74, 6) is -2.29. The van der Waals surface area contributed by atoms with Crippen molar-refractivity contribution < 1.29 is 42.9 Å². The summed E-state index contributed by atoms with van der Waals surface area (Å²) in [7, 11) is 5.93. The van der Waals surface area contributed by atoms with E-state index in [-0.39, 0.29) is 38.6 Å². The summed E-state index contributed by atoms with van der Waals surface area (Å²) in [4.78, 5) is 37.6. The molecule has 9 heteroatoms. The van der Waals surface area contributed by atoms with E-state index >= 15 is 0 Å². The van der Waals surface area contributed by atoms with E-state index in [1.54, 1.807) is 0 Å². The van der Waals surface area contributed by atoms with Crippen molar-refractivity contribution in [2.24, 2.45) is 0 Å². The molecule has 0 amide bonds. The monoisotopic (exact) mass is 1300 g/mol. The van der Waals surface area contributed by atoms with E-state index in [1.165, 1.54) is 238 Å². The van der Waals surface area contributed by atoms with Crippen LogP contribution in [0, 0.1) is 0 Å². The van der Waals surface area contributed by atoms with Crippen LogP contribution in [0.15, 0.2) is 97.2 Å². The standard InChI is InChI=1S/C84H149NO8/c1-6-8-10-12-14-16-18-20-22-24-26-28-30-32-34-36-37-38-39-40-41-42-43-44-45-47-48-50-52-54-56-58-60-62-64-66-68-70-72-74-81(86)91-78-80(79-92-84(83(88)89)90-77-76-85(3,4)5)93-82(87)75-73-71-69-67-65-63-61-59-57-55-53-51-49-46-35-33-31-29-27-25-23-21-19-17-15-13-11-9-7-2/h9,11,15,17,21,23-24,26-27,29,33,35,49,51,55,57,80,84H,6-8,10,12-14,16,18-20,22,25,28,30-32,34,36-48,50,52-54,56,58-79H2,1-5H3/b11-9-,17-15-,23-21-,26-24-,29-27-,35-33-,51-49-,57-55-. The molecule has 538 valence electrons. The molecule has 0 spiro atoms. The normalized spacial score (nSPS) is 13.2. The fourth-order valence-corrected chi connectivity index (χ4v) is 11.3. The SMILES string of the molecule is CC/C=C\C/C=C\C/C=C\C/C=C\C/C=C\C/C=C\C/C=C\CCCCCCCCCC(=O)OC(COC(=O)CCCCCCCCCCCCCCCCCCCCCCCCCCCCC/C=C\CCCCCCCCCC)COC(OCC[N+](C)(C)C)C(=O)[O-]. The summed E-state index contributed by atoms with van der Waals surface area (Å²) in [5.41, 5.74) is 0. The predicted octanol–water partition coefficient (Wildman–Crippen LogP) is 23.8. The number of quaternary nitrogens is 1. The first kappa shape index (κ1) is 89.2. The molecule has 0 radical (unpaired) electrons. The molecule has 2 atom stereocenters. The van der Waals surface area contributed by atoms with Gasteiger partial charge in [0.2, 0.25) is 0 Å². The van der Waals surface area contributed by atoms with Crippen LogP contribution in [0.25, 0.3) is 0 Å². The Hall–Kier alpha value is -3.79. The van der Waals surface area contributed by atoms with Crippen molar-refractivity contribution in [3.05, 3.63) is 97.2 Å². The molecule has 2 unspecified atom stereocenters. The highest BCUT2D eigenvalue weighted by atomic mass is 16.7. The molecule has 0 fully saturated rings. The van der Waals surface area contributed by atoms with Crippen molar-refractivity contribution in [3.8, 4) is 0 Å².